The summed E-state index contributed by atoms with van der Waals surface area (Å²) in [6, 6.07) is 36.1. The fourth-order valence-corrected chi connectivity index (χ4v) is 10.4. The van der Waals surface area contributed by atoms with Gasteiger partial charge in [0.05, 0.1) is 0 Å². The first-order valence-corrected chi connectivity index (χ1v) is 19.2. The van der Waals surface area contributed by atoms with Gasteiger partial charge < -0.3 is 44.2 Å². The van der Waals surface area contributed by atoms with Crippen molar-refractivity contribution in [3.05, 3.63) is 144 Å². The van der Waals surface area contributed by atoms with Crippen molar-refractivity contribution >= 4 is 22.7 Å². The third-order valence-corrected chi connectivity index (χ3v) is 12.8. The van der Waals surface area contributed by atoms with E-state index < -0.39 is 0 Å². The summed E-state index contributed by atoms with van der Waals surface area (Å²) in [5.74, 6) is 0.937. The Kier molecular flexibility index (Phi) is 8.79. The predicted molar refractivity (Wildman–Crippen MR) is 214 cm³/mol. The largest absolute Gasteiger partial charge is 0.399 e. The molecule has 0 aromatic heterocycles. The average molecular weight is 693 g/mol. The molecule has 12 atom stereocenters. The summed E-state index contributed by atoms with van der Waals surface area (Å²) in [7, 11) is 0. The van der Waals surface area contributed by atoms with Gasteiger partial charge in [-0.15, -0.1) is 0 Å². The van der Waals surface area contributed by atoms with Crippen molar-refractivity contribution in [2.75, 3.05) is 22.9 Å². The summed E-state index contributed by atoms with van der Waals surface area (Å²) in [5.41, 5.74) is 33.3. The van der Waals surface area contributed by atoms with Gasteiger partial charge in [-0.1, -0.05) is 72.8 Å². The molecule has 0 radical (unpaired) electrons. The number of hydrogen-bond acceptors (Lipinski definition) is 8. The Labute approximate surface area is 307 Å². The first kappa shape index (κ1) is 33.3. The van der Waals surface area contributed by atoms with Crippen LogP contribution >= 0.6 is 0 Å². The van der Waals surface area contributed by atoms with Crippen LogP contribution in [-0.4, -0.2) is 48.3 Å². The van der Waals surface area contributed by atoms with Gasteiger partial charge in [-0.25, -0.2) is 0 Å². The van der Waals surface area contributed by atoms with Crippen LogP contribution in [0.1, 0.15) is 71.6 Å². The van der Waals surface area contributed by atoms with Gasteiger partial charge in [0.15, 0.2) is 0 Å². The summed E-state index contributed by atoms with van der Waals surface area (Å²) in [4.78, 5) is 0. The molecular weight excluding hydrogens is 641 g/mol. The molecule has 5 aliphatic heterocycles. The van der Waals surface area contributed by atoms with Gasteiger partial charge in [-0.3, -0.25) is 0 Å². The molecule has 0 spiro atoms. The molecule has 0 saturated carbocycles. The second kappa shape index (κ2) is 13.7. The number of rotatable bonds is 4. The summed E-state index contributed by atoms with van der Waals surface area (Å²) in [6.07, 6.45) is 14.1. The van der Waals surface area contributed by atoms with E-state index in [0.29, 0.717) is 0 Å². The Hall–Kier alpha value is -4.60. The zero-order valence-corrected chi connectivity index (χ0v) is 29.6. The maximum atomic E-state index is 6.23. The zero-order chi connectivity index (χ0) is 35.3. The first-order chi connectivity index (χ1) is 25.4. The van der Waals surface area contributed by atoms with Crippen LogP contribution in [0.15, 0.2) is 121 Å². The number of hydrogen-bond donors (Lipinski definition) is 8. The number of anilines is 4. The van der Waals surface area contributed by atoms with Crippen LogP contribution in [0.2, 0.25) is 0 Å². The minimum Gasteiger partial charge on any atom is -0.399 e. The summed E-state index contributed by atoms with van der Waals surface area (Å²) in [5, 5.41) is 16.9. The molecule has 0 amide bonds. The topological polar surface area (TPSA) is 152 Å². The third-order valence-electron chi connectivity index (χ3n) is 12.8. The Bertz CT molecular complexity index is 1630. The van der Waals surface area contributed by atoms with Gasteiger partial charge in [0.1, 0.15) is 0 Å². The van der Waals surface area contributed by atoms with Gasteiger partial charge >= 0.3 is 0 Å². The lowest BCUT2D eigenvalue weighted by atomic mass is 9.83. The SMILES string of the molecule is Nc1ccc(C2C3C=CC(N3)C(c3ccc(N)cc3)C3CCC(N3)C(c3ccc(N)cc3)C3C=CC(N3)C(c3ccc(N)cc3)C3CCC2N3)cc1. The number of benzene rings is 4. The van der Waals surface area contributed by atoms with Crippen LogP contribution in [0.5, 0.6) is 0 Å². The lowest BCUT2D eigenvalue weighted by molar-refractivity contribution is 0.317. The van der Waals surface area contributed by atoms with E-state index in [4.69, 9.17) is 22.9 Å². The van der Waals surface area contributed by atoms with Crippen LogP contribution in [0.25, 0.3) is 0 Å². The number of nitrogens with one attached hydrogen (secondary N) is 4. The van der Waals surface area contributed by atoms with Crippen molar-refractivity contribution in [3.8, 4) is 0 Å². The Balaban J connectivity index is 1.14. The molecule has 8 bridgehead atoms. The summed E-state index contributed by atoms with van der Waals surface area (Å²) in [6.45, 7) is 0. The smallest absolute Gasteiger partial charge is 0.0340 e. The van der Waals surface area contributed by atoms with Gasteiger partial charge in [0.25, 0.3) is 0 Å². The van der Waals surface area contributed by atoms with Crippen molar-refractivity contribution in [1.82, 2.24) is 21.3 Å². The van der Waals surface area contributed by atoms with E-state index in [9.17, 15) is 0 Å². The van der Waals surface area contributed by atoms with Crippen molar-refractivity contribution < 1.29 is 0 Å². The molecule has 9 rings (SSSR count). The second-order valence-electron chi connectivity index (χ2n) is 15.9. The van der Waals surface area contributed by atoms with E-state index in [1.54, 1.807) is 0 Å². The molecule has 3 saturated heterocycles. The highest BCUT2D eigenvalue weighted by Gasteiger charge is 2.47. The Morgan fingerprint density at radius 2 is 0.519 bits per heavy atom. The molecule has 12 N–H and O–H groups in total. The molecule has 4 aromatic rings. The number of nitrogen functional groups attached to an aromatic ring is 4. The molecule has 52 heavy (non-hydrogen) atoms. The monoisotopic (exact) mass is 692 g/mol. The molecule has 268 valence electrons. The average Bonchev–Trinajstić information content (AvgIpc) is 3.99. The van der Waals surface area contributed by atoms with E-state index >= 15 is 0 Å². The van der Waals surface area contributed by atoms with Crippen LogP contribution < -0.4 is 44.2 Å². The third kappa shape index (κ3) is 6.28. The second-order valence-corrected chi connectivity index (χ2v) is 15.9. The van der Waals surface area contributed by atoms with Gasteiger partial charge in [-0.2, -0.15) is 0 Å². The predicted octanol–water partition coefficient (Wildman–Crippen LogP) is 5.50. The molecule has 5 heterocycles. The normalized spacial score (nSPS) is 35.2. The standard InChI is InChI=1S/C44H52N8/c45-29-9-1-25(2-10-29)41-33-17-19-35(49-33)42(26-3-11-30(46)12-4-26)37-21-23-39(51-37)44(28-7-15-32(48)16-8-28)40-24-22-38(52-40)43(36-20-18-34(41)50-36)27-5-13-31(47)14-6-27/h1-17,19,22,24,33-44,49-52H,18,20-21,23,45-48H2. The maximum absolute atomic E-state index is 6.23. The van der Waals surface area contributed by atoms with Crippen molar-refractivity contribution in [2.45, 2.75) is 97.7 Å². The summed E-state index contributed by atoms with van der Waals surface area (Å²) >= 11 is 0. The highest BCUT2D eigenvalue weighted by atomic mass is 15.1. The molecule has 0 aliphatic carbocycles. The molecular formula is C44H52N8. The Morgan fingerprint density at radius 3 is 0.731 bits per heavy atom. The van der Waals surface area contributed by atoms with E-state index in [1.807, 2.05) is 0 Å². The van der Waals surface area contributed by atoms with Crippen molar-refractivity contribution in [2.24, 2.45) is 0 Å². The molecule has 5 aliphatic rings. The molecule has 12 unspecified atom stereocenters. The number of nitrogens with two attached hydrogens (primary N) is 4. The lowest BCUT2D eigenvalue weighted by Gasteiger charge is -2.38. The quantitative estimate of drug-likeness (QED) is 0.103. The minimum atomic E-state index is 0.164. The highest BCUT2D eigenvalue weighted by molar-refractivity contribution is 5.46. The zero-order valence-electron chi connectivity index (χ0n) is 29.6. The first-order valence-electron chi connectivity index (χ1n) is 19.2. The fraction of sp³-hybridized carbons (Fsp3) is 0.364. The Morgan fingerprint density at radius 1 is 0.308 bits per heavy atom. The number of fused-ring (bicyclic) bond motifs is 8. The van der Waals surface area contributed by atoms with Crippen LogP contribution in [0.3, 0.4) is 0 Å². The fourth-order valence-electron chi connectivity index (χ4n) is 10.4. The van der Waals surface area contributed by atoms with E-state index in [2.05, 4.69) is 143 Å². The van der Waals surface area contributed by atoms with Gasteiger partial charge in [0.2, 0.25) is 0 Å². The van der Waals surface area contributed by atoms with Gasteiger partial charge in [0, 0.05) is 94.8 Å². The molecule has 8 nitrogen and oxygen atoms in total. The lowest BCUT2D eigenvalue weighted by Crippen LogP contribution is -2.52. The van der Waals surface area contributed by atoms with Crippen LogP contribution in [0, 0.1) is 0 Å². The van der Waals surface area contributed by atoms with Crippen LogP contribution in [-0.2, 0) is 0 Å². The molecule has 4 aromatic carbocycles. The van der Waals surface area contributed by atoms with Crippen molar-refractivity contribution in [1.29, 1.82) is 0 Å². The summed E-state index contributed by atoms with van der Waals surface area (Å²) < 4.78 is 0. The van der Waals surface area contributed by atoms with Crippen LogP contribution in [0.4, 0.5) is 22.7 Å². The molecule has 8 heteroatoms. The van der Waals surface area contributed by atoms with E-state index in [1.165, 1.54) is 22.3 Å². The van der Waals surface area contributed by atoms with Gasteiger partial charge in [-0.05, 0) is 96.5 Å². The van der Waals surface area contributed by atoms with E-state index in [-0.39, 0.29) is 72.0 Å². The maximum Gasteiger partial charge on any atom is 0.0340 e. The van der Waals surface area contributed by atoms with Crippen molar-refractivity contribution in [3.63, 3.8) is 0 Å². The molecule has 3 fully saturated rings. The van der Waals surface area contributed by atoms with E-state index in [0.717, 1.165) is 48.4 Å². The highest BCUT2D eigenvalue weighted by Crippen LogP contribution is 2.44. The minimum absolute atomic E-state index is 0.164.